The summed E-state index contributed by atoms with van der Waals surface area (Å²) >= 11 is 0. The molecule has 2 aliphatic heterocycles. The molecular formula is C36H58N4O5. The molecule has 2 fully saturated rings. The quantitative estimate of drug-likeness (QED) is 0.375. The molecule has 3 rings (SSSR count). The van der Waals surface area contributed by atoms with E-state index in [1.807, 2.05) is 57.8 Å². The highest BCUT2D eigenvalue weighted by atomic mass is 16.2. The molecule has 0 saturated carbocycles. The monoisotopic (exact) mass is 626 g/mol. The molecule has 5 atom stereocenters. The number of rotatable bonds is 11. The van der Waals surface area contributed by atoms with E-state index in [2.05, 4.69) is 61.9 Å². The van der Waals surface area contributed by atoms with Crippen molar-refractivity contribution in [1.29, 1.82) is 0 Å². The first-order valence-corrected chi connectivity index (χ1v) is 16.7. The fraction of sp³-hybridized carbons (Fsp3) is 0.722. The Morgan fingerprint density at radius 3 is 2.07 bits per heavy atom. The number of carbonyl (C=O) groups is 3. The molecule has 9 heteroatoms. The first-order chi connectivity index (χ1) is 21.0. The molecule has 2 saturated heterocycles. The van der Waals surface area contributed by atoms with Crippen molar-refractivity contribution in [2.45, 2.75) is 124 Å². The van der Waals surface area contributed by atoms with Crippen molar-refractivity contribution in [3.05, 3.63) is 35.9 Å². The lowest BCUT2D eigenvalue weighted by atomic mass is 9.71. The van der Waals surface area contributed by atoms with Crippen molar-refractivity contribution in [2.75, 3.05) is 26.7 Å². The minimum Gasteiger partial charge on any atom is -0.344 e. The number of hydrogen-bond donors (Lipinski definition) is 1. The van der Waals surface area contributed by atoms with Gasteiger partial charge in [0.05, 0.1) is 6.04 Å². The molecule has 0 bridgehead atoms. The van der Waals surface area contributed by atoms with E-state index in [9.17, 15) is 14.4 Å². The second-order valence-electron chi connectivity index (χ2n) is 14.9. The third-order valence-electron chi connectivity index (χ3n) is 10.0. The smallest absolute Gasteiger partial charge is 0.344 e. The van der Waals surface area contributed by atoms with Gasteiger partial charge >= 0.3 is 6.15 Å². The topological polar surface area (TPSA) is 107 Å². The van der Waals surface area contributed by atoms with E-state index in [0.29, 0.717) is 19.0 Å². The van der Waals surface area contributed by atoms with Gasteiger partial charge in [0.2, 0.25) is 17.7 Å². The number of nitrogens with one attached hydrogen (secondary N) is 1. The third kappa shape index (κ3) is 9.49. The molecule has 2 aliphatic rings. The van der Waals surface area contributed by atoms with Gasteiger partial charge in [0.25, 0.3) is 0 Å². The first-order valence-electron chi connectivity index (χ1n) is 16.7. The van der Waals surface area contributed by atoms with Crippen molar-refractivity contribution in [1.82, 2.24) is 20.0 Å². The van der Waals surface area contributed by atoms with Crippen LogP contribution in [-0.2, 0) is 29.4 Å². The molecule has 3 amide bonds. The number of hydrogen-bond acceptors (Lipinski definition) is 6. The first kappa shape index (κ1) is 38.2. The van der Waals surface area contributed by atoms with Gasteiger partial charge in [0, 0.05) is 43.6 Å². The molecule has 45 heavy (non-hydrogen) atoms. The lowest BCUT2D eigenvalue weighted by Crippen LogP contribution is -2.60. The third-order valence-corrected chi connectivity index (χ3v) is 10.0. The van der Waals surface area contributed by atoms with Crippen molar-refractivity contribution in [2.24, 2.45) is 17.3 Å². The highest BCUT2D eigenvalue weighted by Crippen LogP contribution is 2.35. The van der Waals surface area contributed by atoms with Crippen LogP contribution in [0.15, 0.2) is 30.3 Å². The summed E-state index contributed by atoms with van der Waals surface area (Å²) in [6, 6.07) is 9.60. The van der Waals surface area contributed by atoms with Crippen molar-refractivity contribution < 1.29 is 24.0 Å². The lowest BCUT2D eigenvalue weighted by Gasteiger charge is -2.41. The maximum Gasteiger partial charge on any atom is 0.373 e. The van der Waals surface area contributed by atoms with Crippen LogP contribution in [0.2, 0.25) is 0 Å². The van der Waals surface area contributed by atoms with Gasteiger partial charge in [0.1, 0.15) is 6.04 Å². The van der Waals surface area contributed by atoms with E-state index in [1.165, 1.54) is 0 Å². The minimum absolute atomic E-state index is 0.0721. The average Bonchev–Trinajstić information content (AvgIpc) is 3.62. The van der Waals surface area contributed by atoms with Crippen molar-refractivity contribution in [3.63, 3.8) is 0 Å². The predicted molar refractivity (Wildman–Crippen MR) is 176 cm³/mol. The summed E-state index contributed by atoms with van der Waals surface area (Å²) in [5.74, 6) is 0.00233. The normalized spacial score (nSPS) is 20.9. The zero-order valence-electron chi connectivity index (χ0n) is 29.4. The minimum atomic E-state index is -0.668. The van der Waals surface area contributed by atoms with Gasteiger partial charge in [-0.3, -0.25) is 19.3 Å². The molecule has 252 valence electrons. The Labute approximate surface area is 271 Å². The number of likely N-dealkylation sites (tertiary alicyclic amines) is 2. The Morgan fingerprint density at radius 1 is 1.00 bits per heavy atom. The van der Waals surface area contributed by atoms with Crippen LogP contribution in [0.25, 0.3) is 0 Å². The summed E-state index contributed by atoms with van der Waals surface area (Å²) < 4.78 is 0. The molecule has 0 radical (unpaired) electrons. The number of amides is 3. The van der Waals surface area contributed by atoms with Crippen molar-refractivity contribution in [3.8, 4) is 0 Å². The van der Waals surface area contributed by atoms with Crippen LogP contribution in [-0.4, -0.2) is 89.4 Å². The molecule has 9 nitrogen and oxygen atoms in total. The van der Waals surface area contributed by atoms with Crippen LogP contribution in [0.3, 0.4) is 0 Å². The summed E-state index contributed by atoms with van der Waals surface area (Å²) in [6.45, 7) is 21.1. The van der Waals surface area contributed by atoms with Crippen LogP contribution < -0.4 is 5.32 Å². The largest absolute Gasteiger partial charge is 0.373 e. The molecule has 1 unspecified atom stereocenters. The SMILES string of the molecule is CCC(C(=O)N[C@H](C(=O)N(C)[C@H](CN1CCC[C@H]1C(=O)N1CCC[C@H]1C)C(C)C)C(C)(C)C)C(C)(C)c1ccccc1.O=C=O. The molecular weight excluding hydrogens is 568 g/mol. The van der Waals surface area contributed by atoms with Crippen molar-refractivity contribution >= 4 is 23.9 Å². The van der Waals surface area contributed by atoms with Gasteiger partial charge in [-0.25, -0.2) is 0 Å². The maximum absolute atomic E-state index is 14.3. The van der Waals surface area contributed by atoms with Crippen LogP contribution in [0.4, 0.5) is 0 Å². The van der Waals surface area contributed by atoms with Crippen LogP contribution >= 0.6 is 0 Å². The van der Waals surface area contributed by atoms with E-state index >= 15 is 0 Å². The summed E-state index contributed by atoms with van der Waals surface area (Å²) in [6.07, 6.45) is 4.94. The molecule has 0 spiro atoms. The number of benzene rings is 1. The summed E-state index contributed by atoms with van der Waals surface area (Å²) in [5.41, 5.74) is 0.248. The molecule has 1 aromatic rings. The Hall–Kier alpha value is -3.03. The molecule has 0 aliphatic carbocycles. The Balaban J connectivity index is 0.00000226. The summed E-state index contributed by atoms with van der Waals surface area (Å²) in [5, 5.41) is 3.22. The second kappa shape index (κ2) is 16.5. The highest BCUT2D eigenvalue weighted by Gasteiger charge is 2.43. The standard InChI is InChI=1S/C35H58N4O3.CO2/c1-11-27(35(8,9)26-18-13-12-14-19-26)31(40)36-30(34(5,6)7)33(42)37(10)29(24(2)3)23-38-21-16-20-28(38)32(41)39-22-15-17-25(39)4;2-1-3/h12-14,18-19,24-25,27-30H,11,15-17,20-23H2,1-10H3,(H,36,40);/t25-,27?,28+,29-,30-;/m1./s1. The van der Waals surface area contributed by atoms with E-state index in [-0.39, 0.29) is 53.2 Å². The number of likely N-dealkylation sites (N-methyl/N-ethyl adjacent to an activating group) is 1. The fourth-order valence-corrected chi connectivity index (χ4v) is 7.15. The zero-order valence-corrected chi connectivity index (χ0v) is 29.4. The number of nitrogens with zero attached hydrogens (tertiary/aromatic N) is 3. The molecule has 2 heterocycles. The van der Waals surface area contributed by atoms with Crippen LogP contribution in [0.1, 0.15) is 100.0 Å². The van der Waals surface area contributed by atoms with Crippen LogP contribution in [0.5, 0.6) is 0 Å². The Kier molecular flexibility index (Phi) is 14.0. The van der Waals surface area contributed by atoms with Gasteiger partial charge in [-0.05, 0) is 62.5 Å². The highest BCUT2D eigenvalue weighted by molar-refractivity contribution is 5.90. The second-order valence-corrected chi connectivity index (χ2v) is 14.9. The van der Waals surface area contributed by atoms with E-state index < -0.39 is 11.5 Å². The van der Waals surface area contributed by atoms with Gasteiger partial charge in [0.15, 0.2) is 0 Å². The molecule has 0 aromatic heterocycles. The Bertz CT molecular complexity index is 1160. The average molecular weight is 627 g/mol. The predicted octanol–water partition coefficient (Wildman–Crippen LogP) is 4.90. The lowest BCUT2D eigenvalue weighted by molar-refractivity contribution is -0.191. The van der Waals surface area contributed by atoms with E-state index in [1.54, 1.807) is 0 Å². The Morgan fingerprint density at radius 2 is 1.58 bits per heavy atom. The van der Waals surface area contributed by atoms with Crippen LogP contribution in [0, 0.1) is 17.3 Å². The number of carbonyl (C=O) groups excluding carboxylic acids is 5. The zero-order chi connectivity index (χ0) is 34.1. The molecule has 1 aromatic carbocycles. The van der Waals surface area contributed by atoms with E-state index in [0.717, 1.165) is 44.3 Å². The molecule has 1 N–H and O–H groups in total. The maximum atomic E-state index is 14.3. The fourth-order valence-electron chi connectivity index (χ4n) is 7.15. The van der Waals surface area contributed by atoms with Gasteiger partial charge in [-0.2, -0.15) is 9.59 Å². The summed E-state index contributed by atoms with van der Waals surface area (Å²) in [4.78, 5) is 64.1. The van der Waals surface area contributed by atoms with Gasteiger partial charge in [-0.1, -0.05) is 85.7 Å². The van der Waals surface area contributed by atoms with Gasteiger partial charge < -0.3 is 15.1 Å². The summed E-state index contributed by atoms with van der Waals surface area (Å²) in [7, 11) is 1.87. The van der Waals surface area contributed by atoms with Gasteiger partial charge in [-0.15, -0.1) is 0 Å². The van der Waals surface area contributed by atoms with E-state index in [4.69, 9.17) is 9.59 Å².